The van der Waals surface area contributed by atoms with Crippen LogP contribution in [0.5, 0.6) is 0 Å². The highest BCUT2D eigenvalue weighted by molar-refractivity contribution is 7.95. The van der Waals surface area contributed by atoms with Crippen LogP contribution in [0.2, 0.25) is 0 Å². The second-order valence-electron chi connectivity index (χ2n) is 0.621. The predicted octanol–water partition coefficient (Wildman–Crippen LogP) is -0.378. The SMILES string of the molecule is [2H]C([2H])([2H])S(=O)(=O)C#C. The fourth-order valence-corrected chi connectivity index (χ4v) is 0. The molecule has 0 heterocycles. The summed E-state index contributed by atoms with van der Waals surface area (Å²) in [7, 11) is -4.31. The third-order valence-corrected chi connectivity index (χ3v) is 0.465. The Morgan fingerprint density at radius 3 is 2.50 bits per heavy atom. The van der Waals surface area contributed by atoms with Gasteiger partial charge < -0.3 is 0 Å². The van der Waals surface area contributed by atoms with Crippen molar-refractivity contribution < 1.29 is 12.5 Å². The van der Waals surface area contributed by atoms with E-state index < -0.39 is 16.0 Å². The highest BCUT2D eigenvalue weighted by atomic mass is 32.2. The number of hydrogen-bond acceptors (Lipinski definition) is 2. The molecule has 0 amide bonds. The topological polar surface area (TPSA) is 34.1 Å². The molecular weight excluding hydrogens is 100 g/mol. The van der Waals surface area contributed by atoms with Crippen LogP contribution in [0.1, 0.15) is 4.11 Å². The van der Waals surface area contributed by atoms with Gasteiger partial charge in [0.1, 0.15) is 0 Å². The lowest BCUT2D eigenvalue weighted by Crippen LogP contribution is -1.86. The Morgan fingerprint density at radius 2 is 2.50 bits per heavy atom. The Hall–Kier alpha value is -0.490. The van der Waals surface area contributed by atoms with E-state index in [4.69, 9.17) is 4.11 Å². The molecule has 0 fully saturated rings. The Balaban J connectivity index is 4.86. The van der Waals surface area contributed by atoms with E-state index in [1.807, 2.05) is 0 Å². The standard InChI is InChI=1S/C3H4O2S/c1-3-6(2,4)5/h1H,2H3/i2D3. The van der Waals surface area contributed by atoms with E-state index in [1.54, 1.807) is 0 Å². The van der Waals surface area contributed by atoms with E-state index in [2.05, 4.69) is 6.42 Å². The molecule has 34 valence electrons. The quantitative estimate of drug-likeness (QED) is 0.312. The maximum atomic E-state index is 10.2. The van der Waals surface area contributed by atoms with Crippen molar-refractivity contribution in [3.05, 3.63) is 0 Å². The van der Waals surface area contributed by atoms with E-state index in [1.165, 1.54) is 5.25 Å². The van der Waals surface area contributed by atoms with Crippen LogP contribution in [0.3, 0.4) is 0 Å². The van der Waals surface area contributed by atoms with E-state index in [0.29, 0.717) is 0 Å². The van der Waals surface area contributed by atoms with Crippen molar-refractivity contribution in [2.45, 2.75) is 0 Å². The summed E-state index contributed by atoms with van der Waals surface area (Å²) in [5, 5.41) is 1.19. The molecule has 0 radical (unpaired) electrons. The highest BCUT2D eigenvalue weighted by Gasteiger charge is 1.86. The molecule has 0 aliphatic rings. The fraction of sp³-hybridized carbons (Fsp3) is 0.333. The van der Waals surface area contributed by atoms with Crippen LogP contribution in [-0.4, -0.2) is 14.6 Å². The molecule has 0 rings (SSSR count). The first-order valence-corrected chi connectivity index (χ1v) is 2.51. The molecule has 2 nitrogen and oxygen atoms in total. The molecule has 0 bridgehead atoms. The van der Waals surface area contributed by atoms with Crippen molar-refractivity contribution in [2.24, 2.45) is 0 Å². The lowest BCUT2D eigenvalue weighted by molar-refractivity contribution is 0.611. The van der Waals surface area contributed by atoms with Crippen molar-refractivity contribution in [3.63, 3.8) is 0 Å². The monoisotopic (exact) mass is 107 g/mol. The number of rotatable bonds is 0. The van der Waals surface area contributed by atoms with Gasteiger partial charge in [0, 0.05) is 9.36 Å². The first-order chi connectivity index (χ1) is 3.81. The summed E-state index contributed by atoms with van der Waals surface area (Å²) in [5.41, 5.74) is 0. The lowest BCUT2D eigenvalue weighted by atomic mass is 11.4. The minimum atomic E-state index is -4.31. The van der Waals surface area contributed by atoms with Gasteiger partial charge in [-0.15, -0.1) is 6.42 Å². The average molecular weight is 107 g/mol. The van der Waals surface area contributed by atoms with E-state index in [9.17, 15) is 8.42 Å². The Bertz CT molecular complexity index is 229. The molecular formula is C3H4O2S. The van der Waals surface area contributed by atoms with Gasteiger partial charge in [-0.05, 0) is 0 Å². The minimum Gasteiger partial charge on any atom is -0.216 e. The minimum absolute atomic E-state index is 1.19. The van der Waals surface area contributed by atoms with Gasteiger partial charge in [0.05, 0.1) is 6.18 Å². The molecule has 3 heteroatoms. The molecule has 0 aromatic rings. The first-order valence-electron chi connectivity index (χ1n) is 2.53. The third-order valence-electron chi connectivity index (χ3n) is 0.155. The van der Waals surface area contributed by atoms with Crippen molar-refractivity contribution in [1.29, 1.82) is 0 Å². The number of terminal acetylenes is 1. The van der Waals surface area contributed by atoms with Crippen LogP contribution < -0.4 is 0 Å². The number of sulfone groups is 1. The van der Waals surface area contributed by atoms with Crippen molar-refractivity contribution >= 4 is 9.84 Å². The molecule has 0 N–H and O–H groups in total. The van der Waals surface area contributed by atoms with Crippen molar-refractivity contribution in [1.82, 2.24) is 0 Å². The molecule has 0 aliphatic carbocycles. The van der Waals surface area contributed by atoms with Gasteiger partial charge in [0.2, 0.25) is 9.84 Å². The zero-order valence-electron chi connectivity index (χ0n) is 5.80. The Labute approximate surface area is 41.3 Å². The maximum absolute atomic E-state index is 10.2. The zero-order valence-corrected chi connectivity index (χ0v) is 3.62. The van der Waals surface area contributed by atoms with Crippen LogP contribution >= 0.6 is 0 Å². The van der Waals surface area contributed by atoms with Crippen LogP contribution in [-0.2, 0) is 9.84 Å². The molecule has 0 aromatic heterocycles. The van der Waals surface area contributed by atoms with Gasteiger partial charge >= 0.3 is 0 Å². The third kappa shape index (κ3) is 3.51. The molecule has 0 aromatic carbocycles. The van der Waals surface area contributed by atoms with Gasteiger partial charge in [-0.25, -0.2) is 8.42 Å². The predicted molar refractivity (Wildman–Crippen MR) is 23.7 cm³/mol. The summed E-state index contributed by atoms with van der Waals surface area (Å²) in [5.74, 6) is 0. The van der Waals surface area contributed by atoms with E-state index in [-0.39, 0.29) is 0 Å². The second kappa shape index (κ2) is 1.31. The van der Waals surface area contributed by atoms with Crippen LogP contribution in [0.4, 0.5) is 0 Å². The maximum Gasteiger partial charge on any atom is 0.213 e. The summed E-state index contributed by atoms with van der Waals surface area (Å²) in [6.45, 7) is 0. The van der Waals surface area contributed by atoms with Crippen LogP contribution in [0.25, 0.3) is 0 Å². The molecule has 0 aliphatic heterocycles. The van der Waals surface area contributed by atoms with Crippen LogP contribution in [0, 0.1) is 11.7 Å². The number of hydrogen-bond donors (Lipinski definition) is 0. The normalized spacial score (nSPS) is 19.5. The molecule has 0 unspecified atom stereocenters. The summed E-state index contributed by atoms with van der Waals surface area (Å²) >= 11 is 0. The van der Waals surface area contributed by atoms with Crippen LogP contribution in [0.15, 0.2) is 0 Å². The first kappa shape index (κ1) is 1.99. The van der Waals surface area contributed by atoms with E-state index in [0.717, 1.165) is 0 Å². The second-order valence-corrected chi connectivity index (χ2v) is 1.86. The summed E-state index contributed by atoms with van der Waals surface area (Å²) in [6.07, 6.45) is 1.33. The van der Waals surface area contributed by atoms with Gasteiger partial charge in [-0.3, -0.25) is 0 Å². The molecule has 0 saturated carbocycles. The Morgan fingerprint density at radius 1 is 2.00 bits per heavy atom. The Kier molecular flexibility index (Phi) is 0.434. The van der Waals surface area contributed by atoms with Crippen molar-refractivity contribution in [2.75, 3.05) is 6.18 Å². The summed E-state index contributed by atoms with van der Waals surface area (Å²) < 4.78 is 39.5. The summed E-state index contributed by atoms with van der Waals surface area (Å²) in [4.78, 5) is 0. The van der Waals surface area contributed by atoms with Gasteiger partial charge in [-0.1, -0.05) is 0 Å². The molecule has 0 atom stereocenters. The molecule has 0 spiro atoms. The van der Waals surface area contributed by atoms with Gasteiger partial charge in [-0.2, -0.15) is 0 Å². The average Bonchev–Trinajstić information content (AvgIpc) is 1.64. The largest absolute Gasteiger partial charge is 0.216 e. The lowest BCUT2D eigenvalue weighted by Gasteiger charge is -1.69. The molecule has 0 saturated heterocycles. The summed E-state index contributed by atoms with van der Waals surface area (Å²) in [6, 6.07) is 0. The smallest absolute Gasteiger partial charge is 0.213 e. The van der Waals surface area contributed by atoms with Crippen molar-refractivity contribution in [3.8, 4) is 11.7 Å². The fourth-order valence-electron chi connectivity index (χ4n) is 0. The zero-order chi connectivity index (χ0) is 7.71. The molecule has 6 heavy (non-hydrogen) atoms. The highest BCUT2D eigenvalue weighted by Crippen LogP contribution is 1.69. The van der Waals surface area contributed by atoms with Gasteiger partial charge in [0.25, 0.3) is 0 Å². The van der Waals surface area contributed by atoms with Gasteiger partial charge in [0.15, 0.2) is 0 Å². The van der Waals surface area contributed by atoms with E-state index >= 15 is 0 Å².